The number of ether oxygens (including phenoxy) is 1. The third kappa shape index (κ3) is 2.71. The number of hydrogen-bond donors (Lipinski definition) is 2. The van der Waals surface area contributed by atoms with Gasteiger partial charge in [0, 0.05) is 43.5 Å². The summed E-state index contributed by atoms with van der Waals surface area (Å²) in [6.45, 7) is 3.29. The second-order valence-electron chi connectivity index (χ2n) is 5.61. The molecule has 0 aliphatic carbocycles. The molecule has 5 nitrogen and oxygen atoms in total. The van der Waals surface area contributed by atoms with Gasteiger partial charge in [-0.1, -0.05) is 18.5 Å². The normalized spacial score (nSPS) is 19.6. The number of rotatable bonds is 2. The zero-order valence-electron chi connectivity index (χ0n) is 11.5. The Morgan fingerprint density at radius 3 is 2.76 bits per heavy atom. The summed E-state index contributed by atoms with van der Waals surface area (Å²) in [6.07, 6.45) is 3.67. The average molecular weight is 304 g/mol. The molecule has 0 aromatic carbocycles. The second kappa shape index (κ2) is 5.58. The molecule has 2 aliphatic rings. The Labute approximate surface area is 128 Å². The second-order valence-corrected chi connectivity index (χ2v) is 5.83. The van der Waals surface area contributed by atoms with Crippen LogP contribution in [0.3, 0.4) is 0 Å². The molecule has 21 heavy (non-hydrogen) atoms. The van der Waals surface area contributed by atoms with Gasteiger partial charge in [0.15, 0.2) is 0 Å². The molecule has 1 spiro atoms. The van der Waals surface area contributed by atoms with E-state index >= 15 is 0 Å². The van der Waals surface area contributed by atoms with Crippen molar-refractivity contribution in [3.8, 4) is 11.2 Å². The van der Waals surface area contributed by atoms with E-state index in [4.69, 9.17) is 4.74 Å². The van der Waals surface area contributed by atoms with Gasteiger partial charge in [0.05, 0.1) is 0 Å². The third-order valence-corrected chi connectivity index (χ3v) is 4.31. The minimum absolute atomic E-state index is 0.200. The van der Waals surface area contributed by atoms with Crippen LogP contribution in [-0.4, -0.2) is 42.4 Å². The molecule has 2 aliphatic heterocycles. The van der Waals surface area contributed by atoms with Crippen molar-refractivity contribution < 1.29 is 14.6 Å². The number of aromatic nitrogens is 1. The molecule has 110 valence electrons. The van der Waals surface area contributed by atoms with E-state index in [9.17, 15) is 9.90 Å². The lowest BCUT2D eigenvalue weighted by atomic mass is 9.73. The summed E-state index contributed by atoms with van der Waals surface area (Å²) in [6, 6.07) is 1.56. The van der Waals surface area contributed by atoms with Crippen molar-refractivity contribution in [2.75, 3.05) is 31.2 Å². The molecule has 1 aromatic rings. The van der Waals surface area contributed by atoms with Gasteiger partial charge >= 0.3 is 5.97 Å². The smallest absolute Gasteiger partial charge is 0.339 e. The molecule has 2 saturated heterocycles. The SMILES string of the molecule is O=C(O)c1cc(C#CS)cnc1N1CC2(CCOCC2)C1. The zero-order chi connectivity index (χ0) is 14.9. The molecule has 1 N–H and O–H groups in total. The van der Waals surface area contributed by atoms with Crippen LogP contribution in [0.1, 0.15) is 28.8 Å². The summed E-state index contributed by atoms with van der Waals surface area (Å²) < 4.78 is 5.40. The molecule has 2 fully saturated rings. The van der Waals surface area contributed by atoms with Gasteiger partial charge in [-0.3, -0.25) is 0 Å². The van der Waals surface area contributed by atoms with E-state index in [1.165, 1.54) is 0 Å². The zero-order valence-corrected chi connectivity index (χ0v) is 12.4. The van der Waals surface area contributed by atoms with Crippen LogP contribution >= 0.6 is 12.6 Å². The molecule has 0 unspecified atom stereocenters. The molecule has 0 bridgehead atoms. The van der Waals surface area contributed by atoms with E-state index in [-0.39, 0.29) is 11.0 Å². The van der Waals surface area contributed by atoms with E-state index in [0.717, 1.165) is 39.1 Å². The molecular weight excluding hydrogens is 288 g/mol. The topological polar surface area (TPSA) is 62.7 Å². The number of thiol groups is 1. The summed E-state index contributed by atoms with van der Waals surface area (Å²) in [5.41, 5.74) is 1.04. The lowest BCUT2D eigenvalue weighted by molar-refractivity contribution is -0.000567. The lowest BCUT2D eigenvalue weighted by Gasteiger charge is -2.52. The summed E-state index contributed by atoms with van der Waals surface area (Å²) in [5.74, 6) is 2.27. The highest BCUT2D eigenvalue weighted by Crippen LogP contribution is 2.42. The summed E-state index contributed by atoms with van der Waals surface area (Å²) in [7, 11) is 0. The molecular formula is C15H16N2O3S. The molecule has 6 heteroatoms. The summed E-state index contributed by atoms with van der Waals surface area (Å²) in [4.78, 5) is 17.8. The lowest BCUT2D eigenvalue weighted by Crippen LogP contribution is -2.59. The van der Waals surface area contributed by atoms with Crippen molar-refractivity contribution in [1.82, 2.24) is 4.98 Å². The number of anilines is 1. The van der Waals surface area contributed by atoms with Crippen LogP contribution in [0.15, 0.2) is 12.3 Å². The van der Waals surface area contributed by atoms with Crippen LogP contribution in [0, 0.1) is 16.6 Å². The maximum Gasteiger partial charge on any atom is 0.339 e. The number of pyridine rings is 1. The number of aromatic carboxylic acids is 1. The van der Waals surface area contributed by atoms with Gasteiger partial charge in [0.2, 0.25) is 0 Å². The third-order valence-electron chi connectivity index (χ3n) is 4.20. The highest BCUT2D eigenvalue weighted by Gasteiger charge is 2.45. The van der Waals surface area contributed by atoms with Crippen LogP contribution in [-0.2, 0) is 4.74 Å². The average Bonchev–Trinajstić information content (AvgIpc) is 2.46. The standard InChI is InChI=1S/C15H16N2O3S/c18-14(19)12-7-11(1-6-21)8-16-13(12)17-9-15(10-17)2-4-20-5-3-15/h7-8,21H,2-5,9-10H2,(H,18,19). The number of carbonyl (C=O) groups is 1. The van der Waals surface area contributed by atoms with Gasteiger partial charge in [0.1, 0.15) is 11.4 Å². The van der Waals surface area contributed by atoms with Gasteiger partial charge < -0.3 is 14.7 Å². The predicted molar refractivity (Wildman–Crippen MR) is 81.8 cm³/mol. The minimum Gasteiger partial charge on any atom is -0.478 e. The minimum atomic E-state index is -0.978. The van der Waals surface area contributed by atoms with E-state index in [2.05, 4.69) is 28.8 Å². The number of hydrogen-bond acceptors (Lipinski definition) is 5. The fourth-order valence-electron chi connectivity index (χ4n) is 3.03. The molecule has 3 rings (SSSR count). The molecule has 0 radical (unpaired) electrons. The van der Waals surface area contributed by atoms with Crippen LogP contribution in [0.2, 0.25) is 0 Å². The fraction of sp³-hybridized carbons (Fsp3) is 0.467. The van der Waals surface area contributed by atoms with Crippen LogP contribution in [0.4, 0.5) is 5.82 Å². The van der Waals surface area contributed by atoms with Crippen LogP contribution in [0.5, 0.6) is 0 Å². The first-order valence-corrected chi connectivity index (χ1v) is 7.29. The number of carboxylic acids is 1. The Morgan fingerprint density at radius 1 is 1.43 bits per heavy atom. The highest BCUT2D eigenvalue weighted by atomic mass is 32.1. The van der Waals surface area contributed by atoms with Crippen molar-refractivity contribution in [2.45, 2.75) is 12.8 Å². The van der Waals surface area contributed by atoms with Crippen LogP contribution in [0.25, 0.3) is 0 Å². The van der Waals surface area contributed by atoms with Crippen molar-refractivity contribution in [3.05, 3.63) is 23.4 Å². The summed E-state index contributed by atoms with van der Waals surface area (Å²) in [5, 5.41) is 11.8. The van der Waals surface area contributed by atoms with Gasteiger partial charge in [-0.2, -0.15) is 0 Å². The van der Waals surface area contributed by atoms with E-state index < -0.39 is 5.97 Å². The van der Waals surface area contributed by atoms with Crippen molar-refractivity contribution in [2.24, 2.45) is 5.41 Å². The molecule has 0 amide bonds. The van der Waals surface area contributed by atoms with E-state index in [0.29, 0.717) is 11.4 Å². The monoisotopic (exact) mass is 304 g/mol. The number of carboxylic acid groups (broad SMARTS) is 1. The Bertz CT molecular complexity index is 622. The Hall–Kier alpha value is -1.71. The first-order valence-electron chi connectivity index (χ1n) is 6.85. The number of nitrogens with zero attached hydrogens (tertiary/aromatic N) is 2. The quantitative estimate of drug-likeness (QED) is 0.642. The first-order chi connectivity index (χ1) is 10.1. The van der Waals surface area contributed by atoms with Crippen molar-refractivity contribution in [3.63, 3.8) is 0 Å². The van der Waals surface area contributed by atoms with E-state index in [1.807, 2.05) is 4.90 Å². The highest BCUT2D eigenvalue weighted by molar-refractivity contribution is 7.85. The van der Waals surface area contributed by atoms with Gasteiger partial charge in [-0.25, -0.2) is 9.78 Å². The van der Waals surface area contributed by atoms with Gasteiger partial charge in [-0.15, -0.1) is 0 Å². The molecule has 3 heterocycles. The largest absolute Gasteiger partial charge is 0.478 e. The molecule has 0 atom stereocenters. The Morgan fingerprint density at radius 2 is 2.14 bits per heavy atom. The Balaban J connectivity index is 1.82. The molecule has 0 saturated carbocycles. The predicted octanol–water partition coefficient (Wildman–Crippen LogP) is 1.64. The van der Waals surface area contributed by atoms with Crippen LogP contribution < -0.4 is 4.90 Å². The van der Waals surface area contributed by atoms with E-state index in [1.54, 1.807) is 12.3 Å². The fourth-order valence-corrected chi connectivity index (χ4v) is 3.16. The van der Waals surface area contributed by atoms with Crippen molar-refractivity contribution in [1.29, 1.82) is 0 Å². The maximum atomic E-state index is 11.4. The maximum absolute atomic E-state index is 11.4. The summed E-state index contributed by atoms with van der Waals surface area (Å²) >= 11 is 3.82. The van der Waals surface area contributed by atoms with Gasteiger partial charge in [-0.05, 0) is 24.2 Å². The Kier molecular flexibility index (Phi) is 3.79. The first kappa shape index (κ1) is 14.2. The van der Waals surface area contributed by atoms with Gasteiger partial charge in [0.25, 0.3) is 0 Å². The molecule has 1 aromatic heterocycles. The van der Waals surface area contributed by atoms with Crippen molar-refractivity contribution >= 4 is 24.4 Å².